The van der Waals surface area contributed by atoms with E-state index in [4.69, 9.17) is 14.4 Å². The van der Waals surface area contributed by atoms with Gasteiger partial charge in [0, 0.05) is 30.4 Å². The largest absolute Gasteiger partial charge is 0.498 e. The molecule has 0 aromatic carbocycles. The SMILES string of the molecule is CN1CC2CCCC1CC2n1cc(B2OC(C)(C)C(C)(C)O2)cn1. The van der Waals surface area contributed by atoms with Crippen LogP contribution in [0.15, 0.2) is 12.4 Å². The minimum Gasteiger partial charge on any atom is -0.399 e. The Morgan fingerprint density at radius 1 is 1.17 bits per heavy atom. The molecule has 1 saturated carbocycles. The normalized spacial score (nSPS) is 35.4. The molecule has 0 radical (unpaired) electrons. The summed E-state index contributed by atoms with van der Waals surface area (Å²) in [5.74, 6) is 0.708. The van der Waals surface area contributed by atoms with Crippen molar-refractivity contribution in [1.29, 1.82) is 0 Å². The average molecular weight is 331 g/mol. The molecule has 1 aliphatic carbocycles. The average Bonchev–Trinajstić information content (AvgIpc) is 2.91. The number of nitrogens with zero attached hydrogens (tertiary/aromatic N) is 3. The van der Waals surface area contributed by atoms with Gasteiger partial charge < -0.3 is 14.2 Å². The topological polar surface area (TPSA) is 39.5 Å². The van der Waals surface area contributed by atoms with Crippen LogP contribution in [0, 0.1) is 5.92 Å². The van der Waals surface area contributed by atoms with Crippen molar-refractivity contribution in [3.05, 3.63) is 12.4 Å². The van der Waals surface area contributed by atoms with Crippen LogP contribution in [0.25, 0.3) is 0 Å². The van der Waals surface area contributed by atoms with Crippen molar-refractivity contribution in [2.45, 2.75) is 76.7 Å². The molecule has 4 aliphatic rings. The molecule has 3 aliphatic heterocycles. The molecule has 4 fully saturated rings. The highest BCUT2D eigenvalue weighted by atomic mass is 16.7. The van der Waals surface area contributed by atoms with Crippen molar-refractivity contribution in [3.63, 3.8) is 0 Å². The van der Waals surface area contributed by atoms with E-state index in [9.17, 15) is 0 Å². The first-order chi connectivity index (χ1) is 11.3. The van der Waals surface area contributed by atoms with Gasteiger partial charge >= 0.3 is 7.12 Å². The molecule has 3 saturated heterocycles. The fourth-order valence-electron chi connectivity index (χ4n) is 4.49. The second-order valence-corrected chi connectivity index (χ2v) is 8.93. The van der Waals surface area contributed by atoms with E-state index in [0.29, 0.717) is 18.0 Å². The van der Waals surface area contributed by atoms with E-state index in [-0.39, 0.29) is 18.3 Å². The van der Waals surface area contributed by atoms with Crippen molar-refractivity contribution in [2.75, 3.05) is 13.6 Å². The molecule has 132 valence electrons. The van der Waals surface area contributed by atoms with Crippen LogP contribution in [0.1, 0.15) is 59.4 Å². The monoisotopic (exact) mass is 331 g/mol. The van der Waals surface area contributed by atoms with Crippen molar-refractivity contribution in [3.8, 4) is 0 Å². The van der Waals surface area contributed by atoms with Gasteiger partial charge in [-0.1, -0.05) is 6.42 Å². The Labute approximate surface area is 145 Å². The quantitative estimate of drug-likeness (QED) is 0.779. The molecule has 0 spiro atoms. The van der Waals surface area contributed by atoms with Gasteiger partial charge in [0.15, 0.2) is 0 Å². The minimum atomic E-state index is -0.311. The van der Waals surface area contributed by atoms with E-state index < -0.39 is 0 Å². The van der Waals surface area contributed by atoms with Gasteiger partial charge in [0.1, 0.15) is 0 Å². The zero-order valence-corrected chi connectivity index (χ0v) is 15.7. The van der Waals surface area contributed by atoms with E-state index >= 15 is 0 Å². The Kier molecular flexibility index (Phi) is 3.86. The first-order valence-electron chi connectivity index (χ1n) is 9.37. The zero-order valence-electron chi connectivity index (χ0n) is 15.7. The van der Waals surface area contributed by atoms with Gasteiger partial charge in [-0.15, -0.1) is 0 Å². The first kappa shape index (κ1) is 16.6. The fraction of sp³-hybridized carbons (Fsp3) is 0.833. The van der Waals surface area contributed by atoms with Crippen LogP contribution in [0.3, 0.4) is 0 Å². The first-order valence-corrected chi connectivity index (χ1v) is 9.37. The van der Waals surface area contributed by atoms with Gasteiger partial charge in [0.05, 0.1) is 17.2 Å². The lowest BCUT2D eigenvalue weighted by Crippen LogP contribution is -2.43. The van der Waals surface area contributed by atoms with E-state index in [0.717, 1.165) is 5.46 Å². The summed E-state index contributed by atoms with van der Waals surface area (Å²) in [4.78, 5) is 2.55. The van der Waals surface area contributed by atoms with Crippen LogP contribution in [0.5, 0.6) is 0 Å². The molecule has 3 atom stereocenters. The summed E-state index contributed by atoms with van der Waals surface area (Å²) < 4.78 is 14.5. The molecule has 0 N–H and O–H groups in total. The second kappa shape index (κ2) is 5.58. The Balaban J connectivity index is 1.54. The highest BCUT2D eigenvalue weighted by molar-refractivity contribution is 6.62. The smallest absolute Gasteiger partial charge is 0.399 e. The number of hydrogen-bond acceptors (Lipinski definition) is 4. The van der Waals surface area contributed by atoms with Crippen molar-refractivity contribution in [2.24, 2.45) is 5.92 Å². The van der Waals surface area contributed by atoms with E-state index in [1.54, 1.807) is 0 Å². The highest BCUT2D eigenvalue weighted by Gasteiger charge is 2.52. The highest BCUT2D eigenvalue weighted by Crippen LogP contribution is 2.40. The maximum absolute atomic E-state index is 6.17. The summed E-state index contributed by atoms with van der Waals surface area (Å²) >= 11 is 0. The van der Waals surface area contributed by atoms with Gasteiger partial charge in [-0.2, -0.15) is 5.10 Å². The second-order valence-electron chi connectivity index (χ2n) is 8.93. The molecule has 6 heteroatoms. The van der Waals surface area contributed by atoms with Crippen LogP contribution < -0.4 is 5.46 Å². The summed E-state index contributed by atoms with van der Waals surface area (Å²) in [5.41, 5.74) is 0.440. The third kappa shape index (κ3) is 2.63. The number of aromatic nitrogens is 2. The zero-order chi connectivity index (χ0) is 17.1. The Morgan fingerprint density at radius 3 is 2.58 bits per heavy atom. The standard InChI is InChI=1S/C18H30BN3O2/c1-17(2)18(3,4)24-19(23-17)14-10-20-22(12-14)16-9-15-8-6-7-13(16)11-21(15)5/h10,12-13,15-16H,6-9,11H2,1-5H3. The lowest BCUT2D eigenvalue weighted by Gasteiger charge is -2.39. The van der Waals surface area contributed by atoms with Crippen molar-refractivity contribution >= 4 is 12.6 Å². The van der Waals surface area contributed by atoms with Crippen molar-refractivity contribution in [1.82, 2.24) is 14.7 Å². The number of piperidine rings is 1. The van der Waals surface area contributed by atoms with E-state index in [1.807, 2.05) is 6.20 Å². The summed E-state index contributed by atoms with van der Waals surface area (Å²) in [6.07, 6.45) is 9.30. The molecule has 3 unspecified atom stereocenters. The number of fused-ring (bicyclic) bond motifs is 4. The fourth-order valence-corrected chi connectivity index (χ4v) is 4.49. The molecular formula is C18H30BN3O2. The molecule has 24 heavy (non-hydrogen) atoms. The maximum Gasteiger partial charge on any atom is 0.498 e. The Hall–Kier alpha value is -0.845. The van der Waals surface area contributed by atoms with E-state index in [2.05, 4.69) is 50.5 Å². The predicted octanol–water partition coefficient (Wildman–Crippen LogP) is 2.23. The van der Waals surface area contributed by atoms with Gasteiger partial charge in [-0.05, 0) is 59.9 Å². The summed E-state index contributed by atoms with van der Waals surface area (Å²) in [5, 5.41) is 4.70. The van der Waals surface area contributed by atoms with Gasteiger partial charge in [-0.25, -0.2) is 0 Å². The lowest BCUT2D eigenvalue weighted by molar-refractivity contribution is 0.00578. The number of rotatable bonds is 2. The molecule has 1 aromatic heterocycles. The summed E-state index contributed by atoms with van der Waals surface area (Å²) in [6, 6.07) is 1.23. The number of hydrogen-bond donors (Lipinski definition) is 0. The lowest BCUT2D eigenvalue weighted by atomic mass is 9.81. The van der Waals surface area contributed by atoms with Crippen LogP contribution in [-0.2, 0) is 9.31 Å². The van der Waals surface area contributed by atoms with Gasteiger partial charge in [0.2, 0.25) is 0 Å². The molecule has 1 aromatic rings. The van der Waals surface area contributed by atoms with Crippen LogP contribution in [-0.4, -0.2) is 52.6 Å². The molecule has 4 heterocycles. The Morgan fingerprint density at radius 2 is 1.88 bits per heavy atom. The molecule has 0 amide bonds. The molecule has 5 nitrogen and oxygen atoms in total. The minimum absolute atomic E-state index is 0.302. The van der Waals surface area contributed by atoms with E-state index in [1.165, 1.54) is 32.2 Å². The molecule has 2 bridgehead atoms. The third-order valence-electron chi connectivity index (χ3n) is 6.80. The summed E-state index contributed by atoms with van der Waals surface area (Å²) in [7, 11) is 1.97. The third-order valence-corrected chi connectivity index (χ3v) is 6.80. The van der Waals surface area contributed by atoms with Gasteiger partial charge in [-0.3, -0.25) is 4.68 Å². The maximum atomic E-state index is 6.17. The van der Waals surface area contributed by atoms with Gasteiger partial charge in [0.25, 0.3) is 0 Å². The predicted molar refractivity (Wildman–Crippen MR) is 95.4 cm³/mol. The van der Waals surface area contributed by atoms with Crippen LogP contribution in [0.4, 0.5) is 0 Å². The molecule has 5 rings (SSSR count). The van der Waals surface area contributed by atoms with Crippen LogP contribution >= 0.6 is 0 Å². The van der Waals surface area contributed by atoms with Crippen LogP contribution in [0.2, 0.25) is 0 Å². The van der Waals surface area contributed by atoms with Crippen molar-refractivity contribution < 1.29 is 9.31 Å². The molecular weight excluding hydrogens is 301 g/mol. The summed E-state index contributed by atoms with van der Waals surface area (Å²) in [6.45, 7) is 9.57. The Bertz CT molecular complexity index is 599.